The maximum atomic E-state index is 14.2. The van der Waals surface area contributed by atoms with E-state index in [-0.39, 0.29) is 11.7 Å². The Balaban J connectivity index is 1.72. The van der Waals surface area contributed by atoms with Gasteiger partial charge in [-0.25, -0.2) is 9.07 Å². The Morgan fingerprint density at radius 2 is 1.96 bits per heavy atom. The lowest BCUT2D eigenvalue weighted by molar-refractivity contribution is 0.0939. The number of para-hydroxylation sites is 1. The zero-order chi connectivity index (χ0) is 17.2. The molecule has 6 heteroatoms. The molecule has 1 aliphatic rings. The Morgan fingerprint density at radius 1 is 1.20 bits per heavy atom. The monoisotopic (exact) mass is 338 g/mol. The molecule has 1 amide bonds. The normalized spacial score (nSPS) is 14.3. The molecule has 5 nitrogen and oxygen atoms in total. The quantitative estimate of drug-likeness (QED) is 0.776. The van der Waals surface area contributed by atoms with Crippen molar-refractivity contribution in [1.82, 2.24) is 19.7 Å². The minimum atomic E-state index is -0.388. The van der Waals surface area contributed by atoms with E-state index in [0.29, 0.717) is 29.5 Å². The lowest BCUT2D eigenvalue weighted by Gasteiger charge is -2.25. The Kier molecular flexibility index (Phi) is 4.09. The van der Waals surface area contributed by atoms with Crippen LogP contribution >= 0.6 is 0 Å². The lowest BCUT2D eigenvalue weighted by Crippen LogP contribution is -2.32. The van der Waals surface area contributed by atoms with Gasteiger partial charge in [-0.3, -0.25) is 4.79 Å². The molecule has 1 N–H and O–H groups in total. The molecule has 128 valence electrons. The molecule has 0 unspecified atom stereocenters. The van der Waals surface area contributed by atoms with Gasteiger partial charge < -0.3 is 9.88 Å². The molecular formula is C19H19FN4O. The second-order valence-electron chi connectivity index (χ2n) is 6.34. The molecule has 1 fully saturated rings. The van der Waals surface area contributed by atoms with Crippen molar-refractivity contribution in [2.24, 2.45) is 5.92 Å². The van der Waals surface area contributed by atoms with E-state index in [2.05, 4.69) is 10.4 Å². The summed E-state index contributed by atoms with van der Waals surface area (Å²) in [6.45, 7) is 0.675. The molecule has 25 heavy (non-hydrogen) atoms. The highest BCUT2D eigenvalue weighted by Crippen LogP contribution is 2.26. The number of benzene rings is 1. The molecule has 0 spiro atoms. The Morgan fingerprint density at radius 3 is 2.64 bits per heavy atom. The lowest BCUT2D eigenvalue weighted by atomic mass is 9.85. The summed E-state index contributed by atoms with van der Waals surface area (Å²) < 4.78 is 17.5. The van der Waals surface area contributed by atoms with Crippen molar-refractivity contribution in [3.8, 4) is 11.5 Å². The molecule has 0 radical (unpaired) electrons. The van der Waals surface area contributed by atoms with Gasteiger partial charge in [0.15, 0.2) is 5.82 Å². The Hall–Kier alpha value is -2.89. The number of carbonyl (C=O) groups is 1. The molecular weight excluding hydrogens is 319 g/mol. The van der Waals surface area contributed by atoms with Crippen LogP contribution in [0.5, 0.6) is 0 Å². The van der Waals surface area contributed by atoms with Gasteiger partial charge in [0.2, 0.25) is 0 Å². The zero-order valence-electron chi connectivity index (χ0n) is 13.7. The first-order valence-electron chi connectivity index (χ1n) is 8.48. The number of amides is 1. The third-order valence-corrected chi connectivity index (χ3v) is 4.69. The molecule has 0 aliphatic heterocycles. The van der Waals surface area contributed by atoms with Gasteiger partial charge in [0.05, 0.1) is 6.20 Å². The summed E-state index contributed by atoms with van der Waals surface area (Å²) in [6.07, 6.45) is 8.70. The van der Waals surface area contributed by atoms with E-state index >= 15 is 0 Å². The van der Waals surface area contributed by atoms with Crippen molar-refractivity contribution in [3.63, 3.8) is 0 Å². The van der Waals surface area contributed by atoms with E-state index in [1.54, 1.807) is 22.8 Å². The van der Waals surface area contributed by atoms with Crippen molar-refractivity contribution in [2.75, 3.05) is 6.54 Å². The first-order chi connectivity index (χ1) is 12.2. The fourth-order valence-electron chi connectivity index (χ4n) is 3.06. The van der Waals surface area contributed by atoms with E-state index in [1.807, 2.05) is 24.5 Å². The summed E-state index contributed by atoms with van der Waals surface area (Å²) in [5.41, 5.74) is 0.739. The number of hydrogen-bond acceptors (Lipinski definition) is 2. The Labute approximate surface area is 145 Å². The average Bonchev–Trinajstić information content (AvgIpc) is 3.22. The molecule has 0 atom stereocenters. The predicted octanol–water partition coefficient (Wildman–Crippen LogP) is 3.33. The first-order valence-corrected chi connectivity index (χ1v) is 8.48. The second-order valence-corrected chi connectivity index (χ2v) is 6.34. The first kappa shape index (κ1) is 15.6. The number of carbonyl (C=O) groups excluding carboxylic acids is 1. The average molecular weight is 338 g/mol. The number of nitrogens with one attached hydrogen (secondary N) is 1. The SMILES string of the molecule is O=C(NCC1CCC1)c1cnn(-c2ccccc2F)c1-n1cccc1. The van der Waals surface area contributed by atoms with Crippen LogP contribution in [0.15, 0.2) is 55.0 Å². The van der Waals surface area contributed by atoms with Gasteiger partial charge in [-0.05, 0) is 43.0 Å². The summed E-state index contributed by atoms with van der Waals surface area (Å²) in [5, 5.41) is 7.26. The predicted molar refractivity (Wildman–Crippen MR) is 92.5 cm³/mol. The molecule has 2 aromatic heterocycles. The van der Waals surface area contributed by atoms with Gasteiger partial charge in [0, 0.05) is 18.9 Å². The van der Waals surface area contributed by atoms with E-state index < -0.39 is 0 Å². The molecule has 2 heterocycles. The molecule has 4 rings (SSSR count). The minimum Gasteiger partial charge on any atom is -0.352 e. The molecule has 3 aromatic rings. The highest BCUT2D eigenvalue weighted by Gasteiger charge is 2.23. The van der Waals surface area contributed by atoms with Crippen LogP contribution in [-0.2, 0) is 0 Å². The summed E-state index contributed by atoms with van der Waals surface area (Å²) in [5.74, 6) is 0.528. The van der Waals surface area contributed by atoms with Crippen LogP contribution in [0.4, 0.5) is 4.39 Å². The van der Waals surface area contributed by atoms with Gasteiger partial charge in [-0.1, -0.05) is 18.6 Å². The van der Waals surface area contributed by atoms with Crippen LogP contribution in [-0.4, -0.2) is 26.8 Å². The molecule has 0 bridgehead atoms. The van der Waals surface area contributed by atoms with Crippen molar-refractivity contribution in [3.05, 3.63) is 66.4 Å². The van der Waals surface area contributed by atoms with Crippen LogP contribution in [0, 0.1) is 11.7 Å². The number of hydrogen-bond donors (Lipinski definition) is 1. The van der Waals surface area contributed by atoms with Crippen molar-refractivity contribution >= 4 is 5.91 Å². The fraction of sp³-hybridized carbons (Fsp3) is 0.263. The van der Waals surface area contributed by atoms with Crippen molar-refractivity contribution in [2.45, 2.75) is 19.3 Å². The van der Waals surface area contributed by atoms with E-state index in [0.717, 1.165) is 0 Å². The van der Waals surface area contributed by atoms with Crippen molar-refractivity contribution in [1.29, 1.82) is 0 Å². The highest BCUT2D eigenvalue weighted by atomic mass is 19.1. The molecule has 1 aromatic carbocycles. The summed E-state index contributed by atoms with van der Waals surface area (Å²) in [6, 6.07) is 10.1. The standard InChI is InChI=1S/C19H19FN4O/c20-16-8-1-2-9-17(16)24-19(23-10-3-4-11-23)15(13-22-24)18(25)21-12-14-6-5-7-14/h1-4,8-11,13-14H,5-7,12H2,(H,21,25). The van der Waals surface area contributed by atoms with E-state index in [9.17, 15) is 9.18 Å². The van der Waals surface area contributed by atoms with Gasteiger partial charge in [0.1, 0.15) is 17.1 Å². The van der Waals surface area contributed by atoms with Crippen LogP contribution in [0.1, 0.15) is 29.6 Å². The van der Waals surface area contributed by atoms with Crippen LogP contribution in [0.2, 0.25) is 0 Å². The maximum absolute atomic E-state index is 14.2. The number of nitrogens with zero attached hydrogens (tertiary/aromatic N) is 3. The third-order valence-electron chi connectivity index (χ3n) is 4.69. The van der Waals surface area contributed by atoms with Gasteiger partial charge in [0.25, 0.3) is 5.91 Å². The van der Waals surface area contributed by atoms with Gasteiger partial charge >= 0.3 is 0 Å². The number of halogens is 1. The topological polar surface area (TPSA) is 51.9 Å². The summed E-state index contributed by atoms with van der Waals surface area (Å²) in [4.78, 5) is 12.7. The van der Waals surface area contributed by atoms with Crippen LogP contribution in [0.3, 0.4) is 0 Å². The Bertz CT molecular complexity index is 881. The molecule has 1 aliphatic carbocycles. The largest absolute Gasteiger partial charge is 0.352 e. The molecule has 0 saturated heterocycles. The fourth-order valence-corrected chi connectivity index (χ4v) is 3.06. The third kappa shape index (κ3) is 2.95. The highest BCUT2D eigenvalue weighted by molar-refractivity contribution is 5.97. The van der Waals surface area contributed by atoms with E-state index in [1.165, 1.54) is 36.2 Å². The van der Waals surface area contributed by atoms with Gasteiger partial charge in [-0.15, -0.1) is 0 Å². The van der Waals surface area contributed by atoms with Crippen molar-refractivity contribution < 1.29 is 9.18 Å². The van der Waals surface area contributed by atoms with Gasteiger partial charge in [-0.2, -0.15) is 5.10 Å². The summed E-state index contributed by atoms with van der Waals surface area (Å²) in [7, 11) is 0. The number of rotatable bonds is 5. The van der Waals surface area contributed by atoms with E-state index in [4.69, 9.17) is 0 Å². The number of aromatic nitrogens is 3. The summed E-state index contributed by atoms with van der Waals surface area (Å²) >= 11 is 0. The van der Waals surface area contributed by atoms with Crippen LogP contribution in [0.25, 0.3) is 11.5 Å². The molecule has 1 saturated carbocycles. The smallest absolute Gasteiger partial charge is 0.256 e. The minimum absolute atomic E-state index is 0.182. The van der Waals surface area contributed by atoms with Crippen LogP contribution < -0.4 is 5.32 Å². The second kappa shape index (κ2) is 6.55. The maximum Gasteiger partial charge on any atom is 0.256 e. The zero-order valence-corrected chi connectivity index (χ0v) is 13.7.